The van der Waals surface area contributed by atoms with Gasteiger partial charge in [-0.3, -0.25) is 0 Å². The van der Waals surface area contributed by atoms with Crippen LogP contribution in [0.25, 0.3) is 0 Å². The Bertz CT molecular complexity index is 1480. The standard InChI is InChI=1S/C34H37N3O5S/c1-7-26-27(28(29(38)39)37-42-33(5,6)30(40)41-32(2,3)4)35-31(43-26)36-34(23-17-11-8-12-18-23,24-19-13-9-14-20-24)25-21-15-10-16-22-25/h8-22H,7H2,1-6H3,(H,35,36)(H,38,39). The van der Waals surface area contributed by atoms with Crippen molar-refractivity contribution in [3.8, 4) is 0 Å². The van der Waals surface area contributed by atoms with Crippen molar-refractivity contribution in [2.75, 3.05) is 5.32 Å². The summed E-state index contributed by atoms with van der Waals surface area (Å²) in [5.74, 6) is -1.99. The monoisotopic (exact) mass is 599 g/mol. The van der Waals surface area contributed by atoms with E-state index >= 15 is 0 Å². The van der Waals surface area contributed by atoms with Crippen LogP contribution in [-0.2, 0) is 31.1 Å². The smallest absolute Gasteiger partial charge is 0.360 e. The highest BCUT2D eigenvalue weighted by molar-refractivity contribution is 7.16. The molecule has 0 fully saturated rings. The normalized spacial score (nSPS) is 12.5. The molecule has 1 aromatic heterocycles. The Labute approximate surface area is 256 Å². The highest BCUT2D eigenvalue weighted by atomic mass is 32.1. The molecule has 43 heavy (non-hydrogen) atoms. The number of ether oxygens (including phenoxy) is 1. The van der Waals surface area contributed by atoms with Gasteiger partial charge in [0.1, 0.15) is 16.8 Å². The van der Waals surface area contributed by atoms with Gasteiger partial charge in [-0.2, -0.15) is 0 Å². The number of carbonyl (C=O) groups excluding carboxylic acids is 1. The number of rotatable bonds is 11. The van der Waals surface area contributed by atoms with Gasteiger partial charge in [0.2, 0.25) is 11.3 Å². The van der Waals surface area contributed by atoms with E-state index in [0.717, 1.165) is 16.7 Å². The Morgan fingerprint density at radius 3 is 1.70 bits per heavy atom. The minimum Gasteiger partial charge on any atom is -0.476 e. The molecule has 3 aromatic carbocycles. The van der Waals surface area contributed by atoms with Gasteiger partial charge in [-0.25, -0.2) is 14.6 Å². The molecule has 0 aliphatic heterocycles. The number of nitrogens with one attached hydrogen (secondary N) is 1. The van der Waals surface area contributed by atoms with Gasteiger partial charge < -0.3 is 20.0 Å². The molecular weight excluding hydrogens is 562 g/mol. The van der Waals surface area contributed by atoms with E-state index in [0.29, 0.717) is 16.4 Å². The van der Waals surface area contributed by atoms with Crippen LogP contribution in [0.2, 0.25) is 0 Å². The van der Waals surface area contributed by atoms with Crippen molar-refractivity contribution in [3.05, 3.63) is 118 Å². The number of carboxylic acids is 1. The van der Waals surface area contributed by atoms with Gasteiger partial charge in [0, 0.05) is 4.88 Å². The van der Waals surface area contributed by atoms with Crippen LogP contribution >= 0.6 is 11.3 Å². The maximum atomic E-state index is 12.7. The fourth-order valence-electron chi connectivity index (χ4n) is 4.55. The minimum atomic E-state index is -1.53. The second-order valence-electron chi connectivity index (χ2n) is 11.5. The third-order valence-corrected chi connectivity index (χ3v) is 7.73. The number of nitrogens with zero attached hydrogens (tertiary/aromatic N) is 2. The summed E-state index contributed by atoms with van der Waals surface area (Å²) in [5, 5.41) is 18.3. The number of hydrogen-bond donors (Lipinski definition) is 2. The topological polar surface area (TPSA) is 110 Å². The van der Waals surface area contributed by atoms with Crippen LogP contribution in [0.1, 0.15) is 68.8 Å². The lowest BCUT2D eigenvalue weighted by molar-refractivity contribution is -0.179. The van der Waals surface area contributed by atoms with Crippen molar-refractivity contribution >= 4 is 34.1 Å². The zero-order valence-electron chi connectivity index (χ0n) is 25.3. The second-order valence-corrected chi connectivity index (χ2v) is 12.5. The predicted molar refractivity (Wildman–Crippen MR) is 170 cm³/mol. The molecule has 0 amide bonds. The number of carboxylic acid groups (broad SMARTS) is 1. The maximum absolute atomic E-state index is 12.7. The summed E-state index contributed by atoms with van der Waals surface area (Å²) in [6.07, 6.45) is 0.505. The Kier molecular flexibility index (Phi) is 9.35. The number of esters is 1. The highest BCUT2D eigenvalue weighted by Crippen LogP contribution is 2.41. The molecule has 224 valence electrons. The molecule has 4 rings (SSSR count). The van der Waals surface area contributed by atoms with Crippen LogP contribution in [0.4, 0.5) is 5.13 Å². The van der Waals surface area contributed by atoms with Crippen molar-refractivity contribution in [2.24, 2.45) is 5.16 Å². The summed E-state index contributed by atoms with van der Waals surface area (Å²) in [6, 6.07) is 30.2. The number of aromatic nitrogens is 1. The summed E-state index contributed by atoms with van der Waals surface area (Å²) in [4.78, 5) is 36.1. The van der Waals surface area contributed by atoms with E-state index in [4.69, 9.17) is 14.6 Å². The van der Waals surface area contributed by atoms with E-state index in [1.807, 2.05) is 61.5 Å². The number of oxime groups is 1. The highest BCUT2D eigenvalue weighted by Gasteiger charge is 2.39. The largest absolute Gasteiger partial charge is 0.476 e. The molecule has 0 saturated carbocycles. The third-order valence-electron chi connectivity index (χ3n) is 6.62. The molecule has 0 radical (unpaired) electrons. The summed E-state index contributed by atoms with van der Waals surface area (Å²) in [5.41, 5.74) is -0.399. The van der Waals surface area contributed by atoms with Crippen LogP contribution in [0.15, 0.2) is 96.2 Å². The fraction of sp³-hybridized carbons (Fsp3) is 0.294. The molecule has 0 atom stereocenters. The number of benzene rings is 3. The van der Waals surface area contributed by atoms with Crippen molar-refractivity contribution < 1.29 is 24.3 Å². The molecule has 4 aromatic rings. The minimum absolute atomic E-state index is 0.172. The molecule has 0 saturated heterocycles. The first kappa shape index (κ1) is 31.4. The van der Waals surface area contributed by atoms with Crippen molar-refractivity contribution in [3.63, 3.8) is 0 Å². The summed E-state index contributed by atoms with van der Waals surface area (Å²) in [6.45, 7) is 10.1. The number of aliphatic carboxylic acids is 1. The molecule has 1 heterocycles. The average molecular weight is 600 g/mol. The van der Waals surface area contributed by atoms with Gasteiger partial charge in [0.25, 0.3) is 0 Å². The van der Waals surface area contributed by atoms with Gasteiger partial charge in [-0.15, -0.1) is 11.3 Å². The van der Waals surface area contributed by atoms with Gasteiger partial charge >= 0.3 is 11.9 Å². The number of carbonyl (C=O) groups is 2. The van der Waals surface area contributed by atoms with Crippen LogP contribution < -0.4 is 5.32 Å². The molecule has 0 bridgehead atoms. The zero-order chi connectivity index (χ0) is 31.3. The van der Waals surface area contributed by atoms with E-state index in [2.05, 4.69) is 46.9 Å². The van der Waals surface area contributed by atoms with Crippen molar-refractivity contribution in [2.45, 2.75) is 64.7 Å². The Morgan fingerprint density at radius 1 is 0.837 bits per heavy atom. The van der Waals surface area contributed by atoms with Gasteiger partial charge in [-0.1, -0.05) is 103 Å². The van der Waals surface area contributed by atoms with E-state index < -0.39 is 34.4 Å². The number of anilines is 1. The quantitative estimate of drug-likeness (QED) is 0.0824. The van der Waals surface area contributed by atoms with Gasteiger partial charge in [0.15, 0.2) is 5.13 Å². The van der Waals surface area contributed by atoms with Crippen LogP contribution in [0.5, 0.6) is 0 Å². The molecule has 0 spiro atoms. The molecular formula is C34H37N3O5S. The molecule has 0 aliphatic rings. The number of aryl methyl sites for hydroxylation is 1. The number of hydrogen-bond acceptors (Lipinski definition) is 8. The fourth-order valence-corrected chi connectivity index (χ4v) is 5.51. The van der Waals surface area contributed by atoms with Crippen LogP contribution in [-0.4, -0.2) is 38.9 Å². The second kappa shape index (κ2) is 12.8. The average Bonchev–Trinajstić information content (AvgIpc) is 3.38. The zero-order valence-corrected chi connectivity index (χ0v) is 26.1. The summed E-state index contributed by atoms with van der Waals surface area (Å²) in [7, 11) is 0. The number of thiazole rings is 1. The summed E-state index contributed by atoms with van der Waals surface area (Å²) >= 11 is 1.35. The SMILES string of the molecule is CCc1sc(NC(c2ccccc2)(c2ccccc2)c2ccccc2)nc1C(=NOC(C)(C)C(=O)OC(C)(C)C)C(=O)O. The Morgan fingerprint density at radius 2 is 1.30 bits per heavy atom. The van der Waals surface area contributed by atoms with Crippen molar-refractivity contribution in [1.82, 2.24) is 4.98 Å². The molecule has 0 unspecified atom stereocenters. The van der Waals surface area contributed by atoms with E-state index in [1.165, 1.54) is 25.2 Å². The first-order valence-electron chi connectivity index (χ1n) is 14.0. The lowest BCUT2D eigenvalue weighted by Gasteiger charge is -2.36. The van der Waals surface area contributed by atoms with E-state index in [9.17, 15) is 14.7 Å². The maximum Gasteiger partial charge on any atom is 0.360 e. The lowest BCUT2D eigenvalue weighted by atomic mass is 9.77. The van der Waals surface area contributed by atoms with E-state index in [1.54, 1.807) is 20.8 Å². The van der Waals surface area contributed by atoms with Gasteiger partial charge in [0.05, 0.1) is 0 Å². The first-order chi connectivity index (χ1) is 20.4. The van der Waals surface area contributed by atoms with Gasteiger partial charge in [-0.05, 0) is 57.7 Å². The van der Waals surface area contributed by atoms with E-state index in [-0.39, 0.29) is 5.69 Å². The van der Waals surface area contributed by atoms with Crippen molar-refractivity contribution in [1.29, 1.82) is 0 Å². The molecule has 0 aliphatic carbocycles. The first-order valence-corrected chi connectivity index (χ1v) is 14.9. The molecule has 2 N–H and O–H groups in total. The Hall–Kier alpha value is -4.50. The summed E-state index contributed by atoms with van der Waals surface area (Å²) < 4.78 is 5.43. The third kappa shape index (κ3) is 7.11. The lowest BCUT2D eigenvalue weighted by Crippen LogP contribution is -2.40. The molecule has 9 heteroatoms. The molecule has 8 nitrogen and oxygen atoms in total. The Balaban J connectivity index is 1.82. The van der Waals surface area contributed by atoms with Crippen LogP contribution in [0, 0.1) is 0 Å². The predicted octanol–water partition coefficient (Wildman–Crippen LogP) is 7.04. The van der Waals surface area contributed by atoms with Crippen LogP contribution in [0.3, 0.4) is 0 Å².